The molecule has 1 heterocycles. The summed E-state index contributed by atoms with van der Waals surface area (Å²) in [4.78, 5) is 0.265. The molecule has 0 saturated carbocycles. The van der Waals surface area contributed by atoms with Crippen LogP contribution < -0.4 is 4.72 Å². The number of benzene rings is 3. The second-order valence-corrected chi connectivity index (χ2v) is 8.56. The van der Waals surface area contributed by atoms with Gasteiger partial charge in [0.15, 0.2) is 5.82 Å². The van der Waals surface area contributed by atoms with E-state index in [1.807, 2.05) is 31.2 Å². The van der Waals surface area contributed by atoms with Crippen LogP contribution in [0.25, 0.3) is 10.8 Å². The van der Waals surface area contributed by atoms with E-state index in [1.165, 1.54) is 5.39 Å². The third-order valence-electron chi connectivity index (χ3n) is 4.71. The van der Waals surface area contributed by atoms with Crippen LogP contribution in [-0.2, 0) is 16.6 Å². The lowest BCUT2D eigenvalue weighted by Gasteiger charge is -2.09. The second-order valence-electron chi connectivity index (χ2n) is 6.91. The van der Waals surface area contributed by atoms with Gasteiger partial charge in [0.2, 0.25) is 0 Å². The lowest BCUT2D eigenvalue weighted by Crippen LogP contribution is -2.15. The Kier molecular flexibility index (Phi) is 4.65. The largest absolute Gasteiger partial charge is 0.266 e. The van der Waals surface area contributed by atoms with Crippen LogP contribution in [0.4, 0.5) is 5.82 Å². The minimum atomic E-state index is -3.68. The number of fused-ring (bicyclic) bond motifs is 1. The van der Waals surface area contributed by atoms with Gasteiger partial charge in [-0.3, -0.25) is 9.40 Å². The first kappa shape index (κ1) is 18.3. The lowest BCUT2D eigenvalue weighted by atomic mass is 10.0. The van der Waals surface area contributed by atoms with Gasteiger partial charge < -0.3 is 0 Å². The minimum Gasteiger partial charge on any atom is -0.266 e. The number of nitrogens with zero attached hydrogens (tertiary/aromatic N) is 2. The highest BCUT2D eigenvalue weighted by molar-refractivity contribution is 7.92. The molecule has 0 saturated heterocycles. The number of anilines is 1. The molecular formula is C22H21N3O2S. The van der Waals surface area contributed by atoms with Crippen molar-refractivity contribution in [3.63, 3.8) is 0 Å². The maximum Gasteiger partial charge on any atom is 0.263 e. The molecular weight excluding hydrogens is 370 g/mol. The predicted octanol–water partition coefficient (Wildman–Crippen LogP) is 4.50. The van der Waals surface area contributed by atoms with Crippen LogP contribution in [0.1, 0.15) is 16.7 Å². The van der Waals surface area contributed by atoms with E-state index in [0.717, 1.165) is 16.5 Å². The maximum absolute atomic E-state index is 12.7. The molecule has 0 aliphatic heterocycles. The monoisotopic (exact) mass is 391 g/mol. The first-order valence-corrected chi connectivity index (χ1v) is 10.5. The summed E-state index contributed by atoms with van der Waals surface area (Å²) in [7, 11) is -3.68. The highest BCUT2D eigenvalue weighted by Crippen LogP contribution is 2.21. The smallest absolute Gasteiger partial charge is 0.263 e. The molecule has 1 aromatic heterocycles. The van der Waals surface area contributed by atoms with Crippen LogP contribution in [0.5, 0.6) is 0 Å². The number of aromatic nitrogens is 2. The van der Waals surface area contributed by atoms with Crippen molar-refractivity contribution in [3.8, 4) is 0 Å². The third-order valence-corrected chi connectivity index (χ3v) is 6.23. The first-order valence-electron chi connectivity index (χ1n) is 9.02. The molecule has 0 aliphatic rings. The van der Waals surface area contributed by atoms with Crippen LogP contribution in [0.2, 0.25) is 0 Å². The molecule has 0 spiro atoms. The number of aryl methyl sites for hydroxylation is 2. The molecule has 0 radical (unpaired) electrons. The molecule has 5 nitrogen and oxygen atoms in total. The third kappa shape index (κ3) is 3.64. The molecule has 3 aromatic carbocycles. The Labute approximate surface area is 164 Å². The Balaban J connectivity index is 1.57. The molecule has 0 aliphatic carbocycles. The van der Waals surface area contributed by atoms with Gasteiger partial charge in [-0.25, -0.2) is 8.42 Å². The summed E-state index contributed by atoms with van der Waals surface area (Å²) in [6, 6.07) is 21.3. The fourth-order valence-electron chi connectivity index (χ4n) is 3.40. The Morgan fingerprint density at radius 1 is 0.964 bits per heavy atom. The van der Waals surface area contributed by atoms with Gasteiger partial charge in [0.25, 0.3) is 10.0 Å². The molecule has 0 fully saturated rings. The molecule has 4 rings (SSSR count). The van der Waals surface area contributed by atoms with Gasteiger partial charge in [-0.15, -0.1) is 0 Å². The second kappa shape index (κ2) is 7.13. The topological polar surface area (TPSA) is 64.0 Å². The summed E-state index contributed by atoms with van der Waals surface area (Å²) < 4.78 is 29.7. The van der Waals surface area contributed by atoms with Crippen molar-refractivity contribution in [3.05, 3.63) is 89.6 Å². The number of nitrogens with one attached hydrogen (secondary N) is 1. The first-order chi connectivity index (χ1) is 13.4. The van der Waals surface area contributed by atoms with Gasteiger partial charge in [-0.1, -0.05) is 60.2 Å². The van der Waals surface area contributed by atoms with E-state index >= 15 is 0 Å². The minimum absolute atomic E-state index is 0.265. The van der Waals surface area contributed by atoms with Crippen molar-refractivity contribution >= 4 is 26.6 Å². The van der Waals surface area contributed by atoms with E-state index < -0.39 is 10.0 Å². The Bertz CT molecular complexity index is 1250. The lowest BCUT2D eigenvalue weighted by molar-refractivity contribution is 0.600. The van der Waals surface area contributed by atoms with Gasteiger partial charge in [-0.2, -0.15) is 5.10 Å². The van der Waals surface area contributed by atoms with Crippen molar-refractivity contribution < 1.29 is 8.42 Å². The molecule has 1 N–H and O–H groups in total. The van der Waals surface area contributed by atoms with E-state index in [4.69, 9.17) is 0 Å². The summed E-state index contributed by atoms with van der Waals surface area (Å²) in [6.07, 6.45) is 1.78. The Morgan fingerprint density at radius 2 is 1.75 bits per heavy atom. The highest BCUT2D eigenvalue weighted by atomic mass is 32.2. The zero-order chi connectivity index (χ0) is 19.7. The summed E-state index contributed by atoms with van der Waals surface area (Å²) in [5.41, 5.74) is 2.86. The molecule has 0 bridgehead atoms. The van der Waals surface area contributed by atoms with Gasteiger partial charge in [0, 0.05) is 12.3 Å². The molecule has 142 valence electrons. The van der Waals surface area contributed by atoms with Gasteiger partial charge in [0.1, 0.15) is 0 Å². The maximum atomic E-state index is 12.7. The number of hydrogen-bond acceptors (Lipinski definition) is 3. The van der Waals surface area contributed by atoms with Gasteiger partial charge in [-0.05, 0) is 41.8 Å². The molecule has 0 amide bonds. The number of hydrogen-bond donors (Lipinski definition) is 1. The zero-order valence-electron chi connectivity index (χ0n) is 15.8. The van der Waals surface area contributed by atoms with Gasteiger partial charge >= 0.3 is 0 Å². The van der Waals surface area contributed by atoms with Crippen LogP contribution in [-0.4, -0.2) is 18.2 Å². The fourth-order valence-corrected chi connectivity index (χ4v) is 4.63. The SMILES string of the molecule is Cc1ccc(S(=O)(=O)Nc2ccn(Cc3cccc4ccccc34)n2)c(C)c1. The van der Waals surface area contributed by atoms with Gasteiger partial charge in [0.05, 0.1) is 11.4 Å². The van der Waals surface area contributed by atoms with Crippen molar-refractivity contribution in [2.75, 3.05) is 4.72 Å². The molecule has 4 aromatic rings. The van der Waals surface area contributed by atoms with Crippen molar-refractivity contribution in [1.29, 1.82) is 0 Å². The standard InChI is InChI=1S/C22H21N3O2S/c1-16-10-11-21(17(2)14-16)28(26,27)24-22-12-13-25(23-22)15-19-8-5-7-18-6-3-4-9-20(18)19/h3-14H,15H2,1-2H3,(H,23,24). The average Bonchev–Trinajstić information content (AvgIpc) is 3.08. The van der Waals surface area contributed by atoms with Crippen LogP contribution >= 0.6 is 0 Å². The van der Waals surface area contributed by atoms with Crippen molar-refractivity contribution in [2.24, 2.45) is 0 Å². The average molecular weight is 391 g/mol. The quantitative estimate of drug-likeness (QED) is 0.545. The molecule has 0 unspecified atom stereocenters. The summed E-state index contributed by atoms with van der Waals surface area (Å²) in [6.45, 7) is 4.29. The summed E-state index contributed by atoms with van der Waals surface area (Å²) in [5.74, 6) is 0.306. The highest BCUT2D eigenvalue weighted by Gasteiger charge is 2.18. The van der Waals surface area contributed by atoms with E-state index in [2.05, 4.69) is 34.1 Å². The molecule has 28 heavy (non-hydrogen) atoms. The van der Waals surface area contributed by atoms with E-state index in [-0.39, 0.29) is 4.90 Å². The molecule has 0 atom stereocenters. The fraction of sp³-hybridized carbons (Fsp3) is 0.136. The normalized spacial score (nSPS) is 11.6. The van der Waals surface area contributed by atoms with E-state index in [0.29, 0.717) is 17.9 Å². The van der Waals surface area contributed by atoms with E-state index in [9.17, 15) is 8.42 Å². The van der Waals surface area contributed by atoms with Crippen molar-refractivity contribution in [2.45, 2.75) is 25.3 Å². The zero-order valence-corrected chi connectivity index (χ0v) is 16.6. The van der Waals surface area contributed by atoms with Crippen LogP contribution in [0, 0.1) is 13.8 Å². The van der Waals surface area contributed by atoms with Crippen LogP contribution in [0.15, 0.2) is 77.8 Å². The Morgan fingerprint density at radius 3 is 2.57 bits per heavy atom. The number of sulfonamides is 1. The van der Waals surface area contributed by atoms with Crippen molar-refractivity contribution in [1.82, 2.24) is 9.78 Å². The van der Waals surface area contributed by atoms with E-state index in [1.54, 1.807) is 36.0 Å². The van der Waals surface area contributed by atoms with Crippen LogP contribution in [0.3, 0.4) is 0 Å². The Hall–Kier alpha value is -3.12. The molecule has 6 heteroatoms. The predicted molar refractivity (Wildman–Crippen MR) is 112 cm³/mol. The summed E-state index contributed by atoms with van der Waals surface area (Å²) >= 11 is 0. The number of rotatable bonds is 5. The summed E-state index contributed by atoms with van der Waals surface area (Å²) in [5, 5.41) is 6.73.